The van der Waals surface area contributed by atoms with Gasteiger partial charge in [0, 0.05) is 5.69 Å². The summed E-state index contributed by atoms with van der Waals surface area (Å²) in [6, 6.07) is 8.89. The molecule has 124 valence electrons. The number of benzene rings is 1. The van der Waals surface area contributed by atoms with Crippen LogP contribution in [-0.4, -0.2) is 29.9 Å². The molecule has 0 fully saturated rings. The van der Waals surface area contributed by atoms with E-state index in [0.717, 1.165) is 16.8 Å². The van der Waals surface area contributed by atoms with Crippen LogP contribution >= 0.6 is 0 Å². The van der Waals surface area contributed by atoms with E-state index in [2.05, 4.69) is 10.3 Å². The van der Waals surface area contributed by atoms with E-state index >= 15 is 0 Å². The number of nitrogens with two attached hydrogens (primary N) is 1. The van der Waals surface area contributed by atoms with Crippen molar-refractivity contribution >= 4 is 29.1 Å². The van der Waals surface area contributed by atoms with Gasteiger partial charge in [0.25, 0.3) is 5.91 Å². The maximum Gasteiger partial charge on any atom is 0.266 e. The number of carbonyl (C=O) groups is 2. The van der Waals surface area contributed by atoms with Gasteiger partial charge in [0.05, 0.1) is 0 Å². The number of ether oxygens (including phenoxy) is 1. The smallest absolute Gasteiger partial charge is 0.266 e. The highest BCUT2D eigenvalue weighted by atomic mass is 16.5. The Morgan fingerprint density at radius 2 is 2.12 bits per heavy atom. The van der Waals surface area contributed by atoms with Crippen LogP contribution in [0.1, 0.15) is 11.1 Å². The molecule has 1 aliphatic rings. The first-order chi connectivity index (χ1) is 11.5. The van der Waals surface area contributed by atoms with Gasteiger partial charge in [-0.15, -0.1) is 0 Å². The monoisotopic (exact) mass is 326 g/mol. The van der Waals surface area contributed by atoms with E-state index in [-0.39, 0.29) is 36.6 Å². The normalized spacial score (nSPS) is 13.2. The molecule has 2 amide bonds. The second-order valence-corrected chi connectivity index (χ2v) is 5.62. The number of anilines is 3. The first-order valence-electron chi connectivity index (χ1n) is 7.51. The van der Waals surface area contributed by atoms with Crippen LogP contribution in [-0.2, 0) is 9.59 Å². The number of nitrogens with one attached hydrogen (secondary N) is 1. The van der Waals surface area contributed by atoms with Gasteiger partial charge in [0.15, 0.2) is 18.2 Å². The van der Waals surface area contributed by atoms with Crippen LogP contribution in [0.5, 0.6) is 5.75 Å². The average Bonchev–Trinajstić information content (AvgIpc) is 2.55. The maximum atomic E-state index is 12.4. The summed E-state index contributed by atoms with van der Waals surface area (Å²) in [6.07, 6.45) is 0. The van der Waals surface area contributed by atoms with Gasteiger partial charge in [-0.2, -0.15) is 0 Å². The van der Waals surface area contributed by atoms with Gasteiger partial charge in [0.1, 0.15) is 12.4 Å². The number of amides is 2. The molecule has 0 saturated heterocycles. The van der Waals surface area contributed by atoms with Crippen molar-refractivity contribution in [2.24, 2.45) is 0 Å². The molecule has 24 heavy (non-hydrogen) atoms. The van der Waals surface area contributed by atoms with Crippen molar-refractivity contribution in [3.63, 3.8) is 0 Å². The predicted molar refractivity (Wildman–Crippen MR) is 91.0 cm³/mol. The van der Waals surface area contributed by atoms with Crippen molar-refractivity contribution in [3.8, 4) is 5.75 Å². The fourth-order valence-electron chi connectivity index (χ4n) is 2.47. The van der Waals surface area contributed by atoms with E-state index in [1.807, 2.05) is 32.0 Å². The zero-order valence-electron chi connectivity index (χ0n) is 13.5. The molecule has 2 heterocycles. The van der Waals surface area contributed by atoms with E-state index in [9.17, 15) is 9.59 Å². The highest BCUT2D eigenvalue weighted by molar-refractivity contribution is 6.04. The maximum absolute atomic E-state index is 12.4. The minimum atomic E-state index is -0.336. The third-order valence-corrected chi connectivity index (χ3v) is 3.95. The summed E-state index contributed by atoms with van der Waals surface area (Å²) in [6.45, 7) is 3.62. The Hall–Kier alpha value is -3.09. The van der Waals surface area contributed by atoms with Gasteiger partial charge in [0.2, 0.25) is 5.91 Å². The molecule has 1 aromatic carbocycles. The second kappa shape index (κ2) is 6.19. The lowest BCUT2D eigenvalue weighted by Gasteiger charge is -2.27. The first-order valence-corrected chi connectivity index (χ1v) is 7.51. The summed E-state index contributed by atoms with van der Waals surface area (Å²) in [7, 11) is 0. The van der Waals surface area contributed by atoms with Crippen LogP contribution in [0.25, 0.3) is 0 Å². The fraction of sp³-hybridized carbons (Fsp3) is 0.235. The van der Waals surface area contributed by atoms with Crippen molar-refractivity contribution < 1.29 is 14.3 Å². The molecule has 0 bridgehead atoms. The van der Waals surface area contributed by atoms with Crippen LogP contribution in [0, 0.1) is 13.8 Å². The number of fused-ring (bicyclic) bond motifs is 1. The molecule has 0 aliphatic carbocycles. The summed E-state index contributed by atoms with van der Waals surface area (Å²) in [5, 5.41) is 2.83. The largest absolute Gasteiger partial charge is 0.480 e. The topological polar surface area (TPSA) is 97.5 Å². The van der Waals surface area contributed by atoms with Crippen molar-refractivity contribution in [2.45, 2.75) is 13.8 Å². The summed E-state index contributed by atoms with van der Waals surface area (Å²) >= 11 is 0. The SMILES string of the molecule is Cc1cccc(NC(=O)CN2C(=O)COc3ccc(N)nc32)c1C. The highest BCUT2D eigenvalue weighted by Crippen LogP contribution is 2.30. The summed E-state index contributed by atoms with van der Waals surface area (Å²) < 4.78 is 5.31. The third kappa shape index (κ3) is 3.01. The predicted octanol–water partition coefficient (Wildman–Crippen LogP) is 1.64. The standard InChI is InChI=1S/C17H18N4O3/c1-10-4-3-5-12(11(10)2)19-15(22)8-21-16(23)9-24-13-6-7-14(18)20-17(13)21/h3-7H,8-9H2,1-2H3,(H2,18,20)(H,19,22). The number of rotatable bonds is 3. The average molecular weight is 326 g/mol. The lowest BCUT2D eigenvalue weighted by molar-refractivity contribution is -0.123. The van der Waals surface area contributed by atoms with Crippen LogP contribution in [0.15, 0.2) is 30.3 Å². The van der Waals surface area contributed by atoms with Crippen molar-refractivity contribution in [1.82, 2.24) is 4.98 Å². The van der Waals surface area contributed by atoms with Crippen molar-refractivity contribution in [1.29, 1.82) is 0 Å². The molecule has 3 N–H and O–H groups in total. The van der Waals surface area contributed by atoms with Crippen LogP contribution < -0.4 is 20.7 Å². The Bertz CT molecular complexity index is 819. The lowest BCUT2D eigenvalue weighted by Crippen LogP contribution is -2.44. The van der Waals surface area contributed by atoms with E-state index < -0.39 is 0 Å². The Morgan fingerprint density at radius 1 is 1.33 bits per heavy atom. The van der Waals surface area contributed by atoms with Gasteiger partial charge in [-0.3, -0.25) is 14.5 Å². The number of hydrogen-bond acceptors (Lipinski definition) is 5. The molecular weight excluding hydrogens is 308 g/mol. The molecule has 2 aromatic rings. The van der Waals surface area contributed by atoms with E-state index in [1.54, 1.807) is 12.1 Å². The summed E-state index contributed by atoms with van der Waals surface area (Å²) in [5.74, 6) is 0.309. The molecule has 0 unspecified atom stereocenters. The number of aromatic nitrogens is 1. The molecule has 1 aromatic heterocycles. The molecule has 3 rings (SSSR count). The number of carbonyl (C=O) groups excluding carboxylic acids is 2. The van der Waals surface area contributed by atoms with E-state index in [4.69, 9.17) is 10.5 Å². The molecule has 0 radical (unpaired) electrons. The van der Waals surface area contributed by atoms with E-state index in [1.165, 1.54) is 4.90 Å². The van der Waals surface area contributed by atoms with Crippen molar-refractivity contribution in [3.05, 3.63) is 41.5 Å². The van der Waals surface area contributed by atoms with Crippen LogP contribution in [0.3, 0.4) is 0 Å². The molecule has 7 heteroatoms. The quantitative estimate of drug-likeness (QED) is 0.893. The van der Waals surface area contributed by atoms with Gasteiger partial charge >= 0.3 is 0 Å². The minimum absolute atomic E-state index is 0.130. The van der Waals surface area contributed by atoms with Crippen LogP contribution in [0.4, 0.5) is 17.3 Å². The molecule has 0 atom stereocenters. The Morgan fingerprint density at radius 3 is 2.92 bits per heavy atom. The number of hydrogen-bond donors (Lipinski definition) is 2. The molecule has 7 nitrogen and oxygen atoms in total. The van der Waals surface area contributed by atoms with Crippen molar-refractivity contribution in [2.75, 3.05) is 29.1 Å². The van der Waals surface area contributed by atoms with Gasteiger partial charge in [-0.25, -0.2) is 4.98 Å². The van der Waals surface area contributed by atoms with Gasteiger partial charge in [-0.1, -0.05) is 12.1 Å². The number of pyridine rings is 1. The zero-order chi connectivity index (χ0) is 17.3. The number of nitrogens with zero attached hydrogens (tertiary/aromatic N) is 2. The Labute approximate surface area is 139 Å². The summed E-state index contributed by atoms with van der Waals surface area (Å²) in [4.78, 5) is 29.9. The lowest BCUT2D eigenvalue weighted by atomic mass is 10.1. The first kappa shape index (κ1) is 15.8. The van der Waals surface area contributed by atoms with Crippen LogP contribution in [0.2, 0.25) is 0 Å². The third-order valence-electron chi connectivity index (χ3n) is 3.95. The minimum Gasteiger partial charge on any atom is -0.480 e. The molecular formula is C17H18N4O3. The fourth-order valence-corrected chi connectivity index (χ4v) is 2.47. The number of nitrogen functional groups attached to an aromatic ring is 1. The molecule has 1 aliphatic heterocycles. The second-order valence-electron chi connectivity index (χ2n) is 5.62. The molecule has 0 saturated carbocycles. The van der Waals surface area contributed by atoms with E-state index in [0.29, 0.717) is 5.75 Å². The Kier molecular flexibility index (Phi) is 4.07. The van der Waals surface area contributed by atoms with Gasteiger partial charge < -0.3 is 15.8 Å². The highest BCUT2D eigenvalue weighted by Gasteiger charge is 2.29. The van der Waals surface area contributed by atoms with Gasteiger partial charge in [-0.05, 0) is 43.2 Å². The zero-order valence-corrected chi connectivity index (χ0v) is 13.5. The summed E-state index contributed by atoms with van der Waals surface area (Å²) in [5.41, 5.74) is 8.47. The number of aryl methyl sites for hydroxylation is 1. The molecule has 0 spiro atoms. The Balaban J connectivity index is 1.80.